The van der Waals surface area contributed by atoms with E-state index in [0.717, 1.165) is 96.3 Å². The number of hydrogen-bond acceptors (Lipinski definition) is 7. The molecule has 0 fully saturated rings. The quantitative estimate of drug-likeness (QED) is 0.0212. The van der Waals surface area contributed by atoms with Crippen molar-refractivity contribution in [3.63, 3.8) is 0 Å². The van der Waals surface area contributed by atoms with Gasteiger partial charge in [0.25, 0.3) is 7.82 Å². The molecule has 0 aliphatic rings. The zero-order valence-electron chi connectivity index (χ0n) is 48.3. The molecule has 3 unspecified atom stereocenters. The van der Waals surface area contributed by atoms with Crippen LogP contribution in [0.15, 0.2) is 72.9 Å². The van der Waals surface area contributed by atoms with Gasteiger partial charge in [0.15, 0.2) is 0 Å². The second-order valence-corrected chi connectivity index (χ2v) is 22.9. The highest BCUT2D eigenvalue weighted by atomic mass is 31.2. The van der Waals surface area contributed by atoms with Gasteiger partial charge < -0.3 is 28.5 Å². The Balaban J connectivity index is 5.29. The van der Waals surface area contributed by atoms with Crippen LogP contribution in [-0.4, -0.2) is 69.4 Å². The Labute approximate surface area is 451 Å². The summed E-state index contributed by atoms with van der Waals surface area (Å²) in [6.07, 6.45) is 67.2. The highest BCUT2D eigenvalue weighted by Gasteiger charge is 2.27. The number of amides is 1. The smallest absolute Gasteiger partial charge is 0.306 e. The van der Waals surface area contributed by atoms with E-state index < -0.39 is 26.6 Å². The molecule has 1 N–H and O–H groups in total. The number of esters is 1. The van der Waals surface area contributed by atoms with E-state index in [2.05, 4.69) is 86.8 Å². The van der Waals surface area contributed by atoms with Crippen molar-refractivity contribution in [1.82, 2.24) is 5.32 Å². The maximum Gasteiger partial charge on any atom is 0.306 e. The Bertz CT molecular complexity index is 1480. The van der Waals surface area contributed by atoms with Crippen molar-refractivity contribution in [2.75, 3.05) is 40.9 Å². The predicted molar refractivity (Wildman–Crippen MR) is 312 cm³/mol. The molecule has 0 aromatic carbocycles. The van der Waals surface area contributed by atoms with E-state index in [4.69, 9.17) is 13.8 Å². The normalized spacial score (nSPS) is 14.2. The van der Waals surface area contributed by atoms with Gasteiger partial charge in [0, 0.05) is 12.8 Å². The summed E-state index contributed by atoms with van der Waals surface area (Å²) < 4.78 is 30.2. The summed E-state index contributed by atoms with van der Waals surface area (Å²) in [6.45, 7) is 6.77. The molecule has 1 amide bonds. The minimum Gasteiger partial charge on any atom is -0.756 e. The number of carbonyl (C=O) groups is 2. The van der Waals surface area contributed by atoms with Crippen molar-refractivity contribution in [1.29, 1.82) is 0 Å². The molecule has 0 saturated heterocycles. The molecule has 0 saturated carbocycles. The fourth-order valence-corrected chi connectivity index (χ4v) is 9.10. The van der Waals surface area contributed by atoms with Gasteiger partial charge in [0.1, 0.15) is 19.3 Å². The summed E-state index contributed by atoms with van der Waals surface area (Å²) in [4.78, 5) is 39.9. The van der Waals surface area contributed by atoms with Crippen LogP contribution < -0.4 is 10.2 Å². The number of quaternary nitrogens is 1. The zero-order chi connectivity index (χ0) is 53.6. The molecule has 3 atom stereocenters. The molecule has 0 aromatic heterocycles. The van der Waals surface area contributed by atoms with E-state index in [1.165, 1.54) is 128 Å². The van der Waals surface area contributed by atoms with Gasteiger partial charge in [-0.15, -0.1) is 0 Å². The molecular formula is C63H115N2O7P. The van der Waals surface area contributed by atoms with Gasteiger partial charge in [-0.1, -0.05) is 222 Å². The van der Waals surface area contributed by atoms with Gasteiger partial charge in [-0.25, -0.2) is 0 Å². The lowest BCUT2D eigenvalue weighted by Gasteiger charge is -2.30. The van der Waals surface area contributed by atoms with Crippen molar-refractivity contribution >= 4 is 19.7 Å². The molecule has 424 valence electrons. The van der Waals surface area contributed by atoms with Crippen molar-refractivity contribution in [3.05, 3.63) is 72.9 Å². The van der Waals surface area contributed by atoms with Crippen LogP contribution in [-0.2, 0) is 27.9 Å². The summed E-state index contributed by atoms with van der Waals surface area (Å²) in [5, 5.41) is 3.02. The topological polar surface area (TPSA) is 114 Å². The number of likely N-dealkylation sites (N-methyl/N-ethyl adjacent to an activating group) is 1. The maximum atomic E-state index is 13.5. The van der Waals surface area contributed by atoms with Crippen LogP contribution >= 0.6 is 7.82 Å². The number of hydrogen-bond donors (Lipinski definition) is 1. The number of phosphoric ester groups is 1. The third-order valence-electron chi connectivity index (χ3n) is 13.1. The Morgan fingerprint density at radius 2 is 0.836 bits per heavy atom. The van der Waals surface area contributed by atoms with Crippen molar-refractivity contribution in [3.8, 4) is 0 Å². The van der Waals surface area contributed by atoms with Crippen LogP contribution in [0.1, 0.15) is 265 Å². The van der Waals surface area contributed by atoms with E-state index in [1.807, 2.05) is 33.3 Å². The Hall–Kier alpha value is -2.55. The zero-order valence-corrected chi connectivity index (χ0v) is 49.2. The summed E-state index contributed by atoms with van der Waals surface area (Å²) in [7, 11) is 1.16. The average molecular weight is 1040 g/mol. The SMILES string of the molecule is CCCCC/C=C\C/C=C\C/C=C\CCCCCCC(=O)OC(/C=C/CCCCCCCCCCC)C(COP(=O)([O-])OCC[N+](C)(C)C)NC(=O)CCCCCCCCCCC/C=C\C/C=C\CCCCC. The van der Waals surface area contributed by atoms with E-state index in [-0.39, 0.29) is 24.9 Å². The molecule has 0 radical (unpaired) electrons. The first-order chi connectivity index (χ1) is 35.4. The maximum absolute atomic E-state index is 13.5. The van der Waals surface area contributed by atoms with Gasteiger partial charge in [-0.3, -0.25) is 14.2 Å². The van der Waals surface area contributed by atoms with Crippen LogP contribution in [0.4, 0.5) is 0 Å². The van der Waals surface area contributed by atoms with Gasteiger partial charge in [-0.2, -0.15) is 0 Å². The Kier molecular flexibility index (Phi) is 51.0. The van der Waals surface area contributed by atoms with Crippen LogP contribution in [0.5, 0.6) is 0 Å². The molecule has 0 heterocycles. The summed E-state index contributed by atoms with van der Waals surface area (Å²) in [6, 6.07) is -0.901. The van der Waals surface area contributed by atoms with Crippen LogP contribution in [0.3, 0.4) is 0 Å². The number of rotatable bonds is 54. The summed E-state index contributed by atoms with van der Waals surface area (Å²) in [5.41, 5.74) is 0. The first kappa shape index (κ1) is 70.5. The molecule has 9 nitrogen and oxygen atoms in total. The molecule has 0 spiro atoms. The van der Waals surface area contributed by atoms with Gasteiger partial charge >= 0.3 is 5.97 Å². The van der Waals surface area contributed by atoms with E-state index in [9.17, 15) is 19.0 Å². The average Bonchev–Trinajstić information content (AvgIpc) is 3.35. The summed E-state index contributed by atoms with van der Waals surface area (Å²) >= 11 is 0. The lowest BCUT2D eigenvalue weighted by molar-refractivity contribution is -0.870. The highest BCUT2D eigenvalue weighted by molar-refractivity contribution is 7.45. The van der Waals surface area contributed by atoms with Crippen LogP contribution in [0.25, 0.3) is 0 Å². The fourth-order valence-electron chi connectivity index (χ4n) is 8.38. The predicted octanol–water partition coefficient (Wildman–Crippen LogP) is 17.8. The second kappa shape index (κ2) is 52.9. The van der Waals surface area contributed by atoms with E-state index >= 15 is 0 Å². The number of ether oxygens (including phenoxy) is 1. The third kappa shape index (κ3) is 54.1. The standard InChI is InChI=1S/C63H115N2O7P/c1-7-10-13-16-19-22-25-27-29-31-32-34-35-37-40-43-46-49-52-55-62(66)64-60(59-71-73(68,69)70-58-57-65(4,5)6)61(54-51-48-45-42-39-24-21-18-15-12-9-3)72-63(67)56-53-50-47-44-41-38-36-33-30-28-26-23-20-17-14-11-8-2/h19-20,22-23,27-30,36,38,51,54,60-61H,7-18,21,24-26,31-35,37,39-50,52-53,55-59H2,1-6H3,(H-,64,66,68,69)/b22-19-,23-20-,29-27-,30-28-,38-36-,54-51+. The number of unbranched alkanes of at least 4 members (excludes halogenated alkanes) is 28. The van der Waals surface area contributed by atoms with E-state index in [0.29, 0.717) is 23.9 Å². The lowest BCUT2D eigenvalue weighted by Crippen LogP contribution is -2.47. The molecule has 73 heavy (non-hydrogen) atoms. The Morgan fingerprint density at radius 1 is 0.479 bits per heavy atom. The monoisotopic (exact) mass is 1040 g/mol. The fraction of sp³-hybridized carbons (Fsp3) is 0.778. The molecular weight excluding hydrogens is 928 g/mol. The van der Waals surface area contributed by atoms with Gasteiger partial charge in [-0.05, 0) is 102 Å². The highest BCUT2D eigenvalue weighted by Crippen LogP contribution is 2.38. The third-order valence-corrected chi connectivity index (χ3v) is 14.1. The van der Waals surface area contributed by atoms with Gasteiger partial charge in [0.2, 0.25) is 5.91 Å². The molecule has 0 bridgehead atoms. The minimum absolute atomic E-state index is 0.0292. The first-order valence-electron chi connectivity index (χ1n) is 30.2. The Morgan fingerprint density at radius 3 is 1.27 bits per heavy atom. The van der Waals surface area contributed by atoms with Crippen LogP contribution in [0, 0.1) is 0 Å². The van der Waals surface area contributed by atoms with Crippen molar-refractivity contribution in [2.24, 2.45) is 0 Å². The first-order valence-corrected chi connectivity index (χ1v) is 31.7. The van der Waals surface area contributed by atoms with Crippen molar-refractivity contribution in [2.45, 2.75) is 277 Å². The van der Waals surface area contributed by atoms with Crippen molar-refractivity contribution < 1.29 is 37.3 Å². The van der Waals surface area contributed by atoms with E-state index in [1.54, 1.807) is 0 Å². The number of nitrogens with zero attached hydrogens (tertiary/aromatic N) is 1. The second-order valence-electron chi connectivity index (χ2n) is 21.5. The lowest BCUT2D eigenvalue weighted by atomic mass is 10.0. The number of allylic oxidation sites excluding steroid dienone is 11. The number of phosphoric acid groups is 1. The number of carbonyl (C=O) groups excluding carboxylic acids is 2. The minimum atomic E-state index is -4.70. The largest absolute Gasteiger partial charge is 0.756 e. The molecule has 0 aliphatic heterocycles. The number of nitrogens with one attached hydrogen (secondary N) is 1. The molecule has 10 heteroatoms. The van der Waals surface area contributed by atoms with Crippen LogP contribution in [0.2, 0.25) is 0 Å². The molecule has 0 aromatic rings. The van der Waals surface area contributed by atoms with Gasteiger partial charge in [0.05, 0.1) is 33.8 Å². The molecule has 0 aliphatic carbocycles. The molecule has 0 rings (SSSR count). The summed E-state index contributed by atoms with van der Waals surface area (Å²) in [5.74, 6) is -0.571.